The van der Waals surface area contributed by atoms with E-state index in [1.165, 1.54) is 12.3 Å². The first-order valence-corrected chi connectivity index (χ1v) is 6.46. The number of nitrogens with two attached hydrogens (primary N) is 1. The normalized spacial score (nSPS) is 22.4. The monoisotopic (exact) mass is 265 g/mol. The molecule has 1 fully saturated rings. The van der Waals surface area contributed by atoms with E-state index in [0.29, 0.717) is 17.4 Å². The average Bonchev–Trinajstić information content (AvgIpc) is 2.84. The molecule has 0 spiro atoms. The molecule has 6 nitrogen and oxygen atoms in total. The van der Waals surface area contributed by atoms with Crippen LogP contribution in [0.25, 0.3) is 0 Å². The van der Waals surface area contributed by atoms with Crippen LogP contribution in [0.5, 0.6) is 0 Å². The molecule has 1 saturated heterocycles. The van der Waals surface area contributed by atoms with Gasteiger partial charge in [0.1, 0.15) is 5.82 Å². The molecule has 0 amide bonds. The fraction of sp³-hybridized carbons (Fsp3) is 0.538. The van der Waals surface area contributed by atoms with Gasteiger partial charge in [-0.15, -0.1) is 0 Å². The number of carbonyl (C=O) groups is 1. The van der Waals surface area contributed by atoms with Crippen LogP contribution in [0, 0.1) is 5.92 Å². The van der Waals surface area contributed by atoms with E-state index < -0.39 is 5.97 Å². The Bertz CT molecular complexity index is 464. The molecule has 0 bridgehead atoms. The molecule has 0 saturated carbocycles. The summed E-state index contributed by atoms with van der Waals surface area (Å²) in [5, 5.41) is 12.0. The van der Waals surface area contributed by atoms with Crippen LogP contribution in [-0.2, 0) is 4.74 Å². The number of hydrogen-bond acceptors (Lipinski definition) is 5. The molecule has 1 aliphatic rings. The summed E-state index contributed by atoms with van der Waals surface area (Å²) in [6, 6.07) is 1.42. The number of nitrogen functional groups attached to an aromatic ring is 1. The van der Waals surface area contributed by atoms with Crippen LogP contribution in [0.4, 0.5) is 11.5 Å². The minimum Gasteiger partial charge on any atom is -0.478 e. The van der Waals surface area contributed by atoms with Crippen molar-refractivity contribution in [3.8, 4) is 0 Å². The second-order valence-corrected chi connectivity index (χ2v) is 4.71. The third kappa shape index (κ3) is 3.14. The number of carboxylic acid groups (broad SMARTS) is 1. The van der Waals surface area contributed by atoms with Crippen LogP contribution in [-0.4, -0.2) is 35.3 Å². The summed E-state index contributed by atoms with van der Waals surface area (Å²) in [5.74, 6) is -0.0434. The van der Waals surface area contributed by atoms with E-state index in [-0.39, 0.29) is 11.7 Å². The van der Waals surface area contributed by atoms with Gasteiger partial charge in [-0.3, -0.25) is 0 Å². The van der Waals surface area contributed by atoms with Crippen molar-refractivity contribution < 1.29 is 14.6 Å². The highest BCUT2D eigenvalue weighted by Gasteiger charge is 2.26. The van der Waals surface area contributed by atoms with Gasteiger partial charge in [-0.1, -0.05) is 6.92 Å². The molecule has 2 rings (SSSR count). The summed E-state index contributed by atoms with van der Waals surface area (Å²) >= 11 is 0. The van der Waals surface area contributed by atoms with E-state index >= 15 is 0 Å². The number of pyridine rings is 1. The van der Waals surface area contributed by atoms with Crippen molar-refractivity contribution in [1.82, 2.24) is 4.98 Å². The molecule has 4 N–H and O–H groups in total. The van der Waals surface area contributed by atoms with Crippen molar-refractivity contribution in [3.05, 3.63) is 17.8 Å². The van der Waals surface area contributed by atoms with Gasteiger partial charge < -0.3 is 20.9 Å². The number of nitrogens with one attached hydrogen (secondary N) is 1. The maximum atomic E-state index is 10.8. The second kappa shape index (κ2) is 5.88. The summed E-state index contributed by atoms with van der Waals surface area (Å²) in [6.07, 6.45) is 3.61. The summed E-state index contributed by atoms with van der Waals surface area (Å²) in [4.78, 5) is 14.8. The summed E-state index contributed by atoms with van der Waals surface area (Å²) in [5.41, 5.74) is 6.24. The fourth-order valence-electron chi connectivity index (χ4n) is 2.35. The topological polar surface area (TPSA) is 97.5 Å². The lowest BCUT2D eigenvalue weighted by Gasteiger charge is -2.18. The molecule has 2 atom stereocenters. The standard InChI is InChI=1S/C13H19N3O3/c1-2-11-8(3-4-19-11)6-15-12-10(14)5-9(7-16-12)13(17)18/h5,7-8,11H,2-4,6,14H2,1H3,(H,15,16)(H,17,18). The van der Waals surface area contributed by atoms with Crippen molar-refractivity contribution in [2.75, 3.05) is 24.2 Å². The van der Waals surface area contributed by atoms with Gasteiger partial charge in [-0.2, -0.15) is 0 Å². The largest absolute Gasteiger partial charge is 0.478 e. The Morgan fingerprint density at radius 1 is 1.68 bits per heavy atom. The fourth-order valence-corrected chi connectivity index (χ4v) is 2.35. The Morgan fingerprint density at radius 3 is 3.11 bits per heavy atom. The third-order valence-corrected chi connectivity index (χ3v) is 3.44. The zero-order chi connectivity index (χ0) is 13.8. The number of ether oxygens (including phenoxy) is 1. The zero-order valence-corrected chi connectivity index (χ0v) is 10.9. The van der Waals surface area contributed by atoms with Crippen LogP contribution in [0.3, 0.4) is 0 Å². The van der Waals surface area contributed by atoms with E-state index in [1.54, 1.807) is 0 Å². The number of rotatable bonds is 5. The second-order valence-electron chi connectivity index (χ2n) is 4.71. The van der Waals surface area contributed by atoms with Gasteiger partial charge in [0.2, 0.25) is 0 Å². The molecule has 0 aromatic carbocycles. The smallest absolute Gasteiger partial charge is 0.337 e. The van der Waals surface area contributed by atoms with Crippen LogP contribution in [0.1, 0.15) is 30.1 Å². The predicted octanol–water partition coefficient (Wildman–Crippen LogP) is 1.59. The first-order chi connectivity index (χ1) is 9.11. The lowest BCUT2D eigenvalue weighted by atomic mass is 10.00. The van der Waals surface area contributed by atoms with Crippen LogP contribution in [0.2, 0.25) is 0 Å². The third-order valence-electron chi connectivity index (χ3n) is 3.44. The minimum absolute atomic E-state index is 0.0960. The van der Waals surface area contributed by atoms with Crippen molar-refractivity contribution in [3.63, 3.8) is 0 Å². The van der Waals surface area contributed by atoms with E-state index in [2.05, 4.69) is 17.2 Å². The highest BCUT2D eigenvalue weighted by atomic mass is 16.5. The molecule has 19 heavy (non-hydrogen) atoms. The maximum absolute atomic E-state index is 10.8. The Morgan fingerprint density at radius 2 is 2.47 bits per heavy atom. The molecule has 0 aliphatic carbocycles. The molecule has 1 aromatic rings. The lowest BCUT2D eigenvalue weighted by molar-refractivity contribution is 0.0696. The van der Waals surface area contributed by atoms with E-state index in [1.807, 2.05) is 0 Å². The molecule has 2 unspecified atom stereocenters. The SMILES string of the molecule is CCC1OCCC1CNc1ncc(C(=O)O)cc1N. The number of carboxylic acids is 1. The summed E-state index contributed by atoms with van der Waals surface area (Å²) in [7, 11) is 0. The van der Waals surface area contributed by atoms with Gasteiger partial charge in [-0.05, 0) is 18.9 Å². The highest BCUT2D eigenvalue weighted by Crippen LogP contribution is 2.24. The number of aromatic carboxylic acids is 1. The number of hydrogen-bond donors (Lipinski definition) is 3. The van der Waals surface area contributed by atoms with Crippen molar-refractivity contribution in [2.45, 2.75) is 25.9 Å². The van der Waals surface area contributed by atoms with E-state index in [4.69, 9.17) is 15.6 Å². The van der Waals surface area contributed by atoms with Gasteiger partial charge in [0.15, 0.2) is 0 Å². The van der Waals surface area contributed by atoms with Gasteiger partial charge >= 0.3 is 5.97 Å². The summed E-state index contributed by atoms with van der Waals surface area (Å²) < 4.78 is 5.61. The predicted molar refractivity (Wildman–Crippen MR) is 72.2 cm³/mol. The van der Waals surface area contributed by atoms with Gasteiger partial charge in [0.05, 0.1) is 17.4 Å². The molecule has 6 heteroatoms. The molecular weight excluding hydrogens is 246 g/mol. The highest BCUT2D eigenvalue weighted by molar-refractivity contribution is 5.89. The first kappa shape index (κ1) is 13.6. The zero-order valence-electron chi connectivity index (χ0n) is 10.9. The summed E-state index contributed by atoms with van der Waals surface area (Å²) in [6.45, 7) is 3.64. The van der Waals surface area contributed by atoms with Crippen molar-refractivity contribution in [2.24, 2.45) is 5.92 Å². The van der Waals surface area contributed by atoms with Crippen molar-refractivity contribution >= 4 is 17.5 Å². The van der Waals surface area contributed by atoms with E-state index in [0.717, 1.165) is 26.0 Å². The van der Waals surface area contributed by atoms with E-state index in [9.17, 15) is 4.79 Å². The Labute approximate surface area is 112 Å². The van der Waals surface area contributed by atoms with Crippen LogP contribution in [0.15, 0.2) is 12.3 Å². The van der Waals surface area contributed by atoms with Gasteiger partial charge in [-0.25, -0.2) is 9.78 Å². The first-order valence-electron chi connectivity index (χ1n) is 6.46. The van der Waals surface area contributed by atoms with Gasteiger partial charge in [0.25, 0.3) is 0 Å². The Balaban J connectivity index is 1.98. The molecule has 1 aliphatic heterocycles. The number of aromatic nitrogens is 1. The molecule has 104 valence electrons. The molecular formula is C13H19N3O3. The molecule has 1 aromatic heterocycles. The minimum atomic E-state index is -1.03. The average molecular weight is 265 g/mol. The number of anilines is 2. The number of nitrogens with zero attached hydrogens (tertiary/aromatic N) is 1. The van der Waals surface area contributed by atoms with Gasteiger partial charge in [0, 0.05) is 25.3 Å². The Hall–Kier alpha value is -1.82. The Kier molecular flexibility index (Phi) is 4.21. The van der Waals surface area contributed by atoms with Crippen LogP contribution >= 0.6 is 0 Å². The van der Waals surface area contributed by atoms with Crippen molar-refractivity contribution in [1.29, 1.82) is 0 Å². The molecule has 0 radical (unpaired) electrons. The maximum Gasteiger partial charge on any atom is 0.337 e. The molecule has 2 heterocycles. The quantitative estimate of drug-likeness (QED) is 0.748. The lowest BCUT2D eigenvalue weighted by Crippen LogP contribution is -2.23. The van der Waals surface area contributed by atoms with Crippen LogP contribution < -0.4 is 11.1 Å².